The Kier molecular flexibility index (Phi) is 4.78. The maximum Gasteiger partial charge on any atom is 0.241 e. The summed E-state index contributed by atoms with van der Waals surface area (Å²) in [5.41, 5.74) is 0.963. The molecule has 0 aliphatic rings. The number of pyridine rings is 1. The lowest BCUT2D eigenvalue weighted by Crippen LogP contribution is -2.26. The number of methoxy groups -OCH3 is 1. The Morgan fingerprint density at radius 2 is 1.92 bits per heavy atom. The third-order valence-corrected chi connectivity index (χ3v) is 5.33. The summed E-state index contributed by atoms with van der Waals surface area (Å²) in [5, 5.41) is 1.46. The van der Waals surface area contributed by atoms with E-state index in [2.05, 4.69) is 9.71 Å². The lowest BCUT2D eigenvalue weighted by Gasteiger charge is -2.11. The van der Waals surface area contributed by atoms with Gasteiger partial charge in [0, 0.05) is 29.7 Å². The molecule has 0 saturated heterocycles. The van der Waals surface area contributed by atoms with Gasteiger partial charge in [-0.05, 0) is 30.2 Å². The van der Waals surface area contributed by atoms with Crippen LogP contribution in [0.2, 0.25) is 0 Å². The first-order chi connectivity index (χ1) is 11.6. The number of nitrogens with one attached hydrogen (secondary N) is 1. The molecule has 0 amide bonds. The number of hydrogen-bond donors (Lipinski definition) is 1. The average molecular weight is 342 g/mol. The molecule has 0 spiro atoms. The van der Waals surface area contributed by atoms with Gasteiger partial charge in [0.15, 0.2) is 0 Å². The normalized spacial score (nSPS) is 11.5. The Morgan fingerprint density at radius 3 is 2.75 bits per heavy atom. The molecule has 3 rings (SSSR count). The first-order valence-corrected chi connectivity index (χ1v) is 9.04. The fourth-order valence-corrected chi connectivity index (χ4v) is 3.89. The van der Waals surface area contributed by atoms with Crippen LogP contribution in [0.1, 0.15) is 5.56 Å². The summed E-state index contributed by atoms with van der Waals surface area (Å²) in [5.74, 6) is 0.757. The molecule has 1 N–H and O–H groups in total. The van der Waals surface area contributed by atoms with Crippen molar-refractivity contribution in [2.24, 2.45) is 0 Å². The molecular formula is C18H18N2O3S. The topological polar surface area (TPSA) is 68.3 Å². The van der Waals surface area contributed by atoms with Crippen molar-refractivity contribution >= 4 is 20.8 Å². The Bertz CT molecular complexity index is 950. The van der Waals surface area contributed by atoms with Crippen LogP contribution in [0.4, 0.5) is 0 Å². The summed E-state index contributed by atoms with van der Waals surface area (Å²) in [7, 11) is -1.99. The van der Waals surface area contributed by atoms with Crippen molar-refractivity contribution in [3.8, 4) is 5.75 Å². The van der Waals surface area contributed by atoms with Gasteiger partial charge >= 0.3 is 0 Å². The quantitative estimate of drug-likeness (QED) is 0.748. The van der Waals surface area contributed by atoms with E-state index in [0.29, 0.717) is 18.4 Å². The maximum atomic E-state index is 12.6. The summed E-state index contributed by atoms with van der Waals surface area (Å²) < 4.78 is 33.2. The van der Waals surface area contributed by atoms with E-state index < -0.39 is 10.0 Å². The number of ether oxygens (including phenoxy) is 1. The molecule has 0 radical (unpaired) electrons. The Morgan fingerprint density at radius 1 is 1.08 bits per heavy atom. The molecule has 0 aliphatic heterocycles. The second-order valence-corrected chi connectivity index (χ2v) is 7.05. The number of fused-ring (bicyclic) bond motifs is 1. The first-order valence-electron chi connectivity index (χ1n) is 7.56. The van der Waals surface area contributed by atoms with Crippen molar-refractivity contribution in [3.05, 3.63) is 66.5 Å². The van der Waals surface area contributed by atoms with E-state index in [1.54, 1.807) is 37.7 Å². The number of sulfonamides is 1. The molecule has 0 atom stereocenters. The number of benzene rings is 2. The van der Waals surface area contributed by atoms with E-state index in [1.807, 2.05) is 30.3 Å². The highest BCUT2D eigenvalue weighted by atomic mass is 32.2. The van der Waals surface area contributed by atoms with Crippen LogP contribution in [-0.4, -0.2) is 27.1 Å². The van der Waals surface area contributed by atoms with E-state index in [1.165, 1.54) is 0 Å². The molecule has 124 valence electrons. The molecule has 3 aromatic rings. The highest BCUT2D eigenvalue weighted by Gasteiger charge is 2.16. The Balaban J connectivity index is 1.79. The van der Waals surface area contributed by atoms with Crippen molar-refractivity contribution in [1.29, 1.82) is 0 Å². The first kappa shape index (κ1) is 16.4. The van der Waals surface area contributed by atoms with Gasteiger partial charge in [0.05, 0.1) is 12.0 Å². The van der Waals surface area contributed by atoms with E-state index in [9.17, 15) is 8.42 Å². The SMILES string of the molecule is COc1ccccc1CCNS(=O)(=O)c1cccc2cnccc12. The molecule has 2 aromatic carbocycles. The monoisotopic (exact) mass is 342 g/mol. The van der Waals surface area contributed by atoms with Crippen LogP contribution in [0.25, 0.3) is 10.8 Å². The van der Waals surface area contributed by atoms with E-state index in [0.717, 1.165) is 16.7 Å². The van der Waals surface area contributed by atoms with Gasteiger partial charge in [-0.25, -0.2) is 13.1 Å². The fraction of sp³-hybridized carbons (Fsp3) is 0.167. The molecular weight excluding hydrogens is 324 g/mol. The molecule has 0 saturated carbocycles. The summed E-state index contributed by atoms with van der Waals surface area (Å²) in [6.45, 7) is 0.296. The summed E-state index contributed by atoms with van der Waals surface area (Å²) in [6.07, 6.45) is 3.80. The zero-order chi connectivity index (χ0) is 17.0. The third-order valence-electron chi connectivity index (χ3n) is 3.81. The summed E-state index contributed by atoms with van der Waals surface area (Å²) in [4.78, 5) is 4.29. The van der Waals surface area contributed by atoms with Crippen LogP contribution in [-0.2, 0) is 16.4 Å². The zero-order valence-electron chi connectivity index (χ0n) is 13.3. The molecule has 6 heteroatoms. The Labute approximate surface area is 141 Å². The molecule has 0 fully saturated rings. The molecule has 0 unspecified atom stereocenters. The van der Waals surface area contributed by atoms with Crippen molar-refractivity contribution in [1.82, 2.24) is 9.71 Å². The van der Waals surface area contributed by atoms with Crippen LogP contribution < -0.4 is 9.46 Å². The van der Waals surface area contributed by atoms with Gasteiger partial charge in [0.2, 0.25) is 10.0 Å². The van der Waals surface area contributed by atoms with Crippen LogP contribution in [0, 0.1) is 0 Å². The largest absolute Gasteiger partial charge is 0.496 e. The maximum absolute atomic E-state index is 12.6. The summed E-state index contributed by atoms with van der Waals surface area (Å²) >= 11 is 0. The highest BCUT2D eigenvalue weighted by molar-refractivity contribution is 7.89. The van der Waals surface area contributed by atoms with Gasteiger partial charge in [-0.3, -0.25) is 4.98 Å². The number of nitrogens with zero attached hydrogens (tertiary/aromatic N) is 1. The number of para-hydroxylation sites is 1. The van der Waals surface area contributed by atoms with Gasteiger partial charge in [-0.1, -0.05) is 30.3 Å². The highest BCUT2D eigenvalue weighted by Crippen LogP contribution is 2.22. The second kappa shape index (κ2) is 6.98. The lowest BCUT2D eigenvalue weighted by atomic mass is 10.1. The summed E-state index contributed by atoms with van der Waals surface area (Å²) in [6, 6.07) is 14.5. The van der Waals surface area contributed by atoms with E-state index in [4.69, 9.17) is 4.74 Å². The molecule has 0 bridgehead atoms. The fourth-order valence-electron chi connectivity index (χ4n) is 2.63. The van der Waals surface area contributed by atoms with Crippen molar-refractivity contribution in [3.63, 3.8) is 0 Å². The predicted molar refractivity (Wildman–Crippen MR) is 93.6 cm³/mol. The number of aromatic nitrogens is 1. The minimum Gasteiger partial charge on any atom is -0.496 e. The van der Waals surface area contributed by atoms with Gasteiger partial charge in [-0.15, -0.1) is 0 Å². The van der Waals surface area contributed by atoms with Gasteiger partial charge < -0.3 is 4.74 Å². The molecule has 0 aliphatic carbocycles. The van der Waals surface area contributed by atoms with Crippen molar-refractivity contribution in [2.75, 3.05) is 13.7 Å². The van der Waals surface area contributed by atoms with Crippen LogP contribution in [0.3, 0.4) is 0 Å². The van der Waals surface area contributed by atoms with Gasteiger partial charge in [-0.2, -0.15) is 0 Å². The molecule has 1 aromatic heterocycles. The van der Waals surface area contributed by atoms with E-state index >= 15 is 0 Å². The molecule has 1 heterocycles. The van der Waals surface area contributed by atoms with Gasteiger partial charge in [0.1, 0.15) is 5.75 Å². The number of rotatable bonds is 6. The van der Waals surface area contributed by atoms with Crippen molar-refractivity contribution in [2.45, 2.75) is 11.3 Å². The smallest absolute Gasteiger partial charge is 0.241 e. The predicted octanol–water partition coefficient (Wildman–Crippen LogP) is 2.76. The zero-order valence-corrected chi connectivity index (χ0v) is 14.1. The van der Waals surface area contributed by atoms with E-state index in [-0.39, 0.29) is 4.90 Å². The minimum atomic E-state index is -3.60. The Hall–Kier alpha value is -2.44. The third kappa shape index (κ3) is 3.39. The van der Waals surface area contributed by atoms with Crippen LogP contribution >= 0.6 is 0 Å². The number of hydrogen-bond acceptors (Lipinski definition) is 4. The van der Waals surface area contributed by atoms with Crippen LogP contribution in [0.5, 0.6) is 5.75 Å². The lowest BCUT2D eigenvalue weighted by molar-refractivity contribution is 0.409. The van der Waals surface area contributed by atoms with Crippen molar-refractivity contribution < 1.29 is 13.2 Å². The second-order valence-electron chi connectivity index (χ2n) is 5.31. The average Bonchev–Trinajstić information content (AvgIpc) is 2.61. The molecule has 24 heavy (non-hydrogen) atoms. The van der Waals surface area contributed by atoms with Crippen LogP contribution in [0.15, 0.2) is 65.8 Å². The molecule has 5 nitrogen and oxygen atoms in total. The minimum absolute atomic E-state index is 0.266. The van der Waals surface area contributed by atoms with Gasteiger partial charge in [0.25, 0.3) is 0 Å². The standard InChI is InChI=1S/C18H18N2O3S/c1-23-17-7-3-2-5-14(17)9-12-20-24(21,22)18-8-4-6-15-13-19-11-10-16(15)18/h2-8,10-11,13,20H,9,12H2,1H3.